The van der Waals surface area contributed by atoms with E-state index < -0.39 is 16.1 Å². The quantitative estimate of drug-likeness (QED) is 0.351. The van der Waals surface area contributed by atoms with Crippen molar-refractivity contribution in [2.24, 2.45) is 11.8 Å². The van der Waals surface area contributed by atoms with Crippen LogP contribution >= 0.6 is 11.3 Å². The van der Waals surface area contributed by atoms with E-state index in [0.717, 1.165) is 49.6 Å². The second-order valence-corrected chi connectivity index (χ2v) is 15.6. The van der Waals surface area contributed by atoms with E-state index in [2.05, 4.69) is 23.6 Å². The maximum atomic E-state index is 14.3. The Morgan fingerprint density at radius 1 is 1.09 bits per heavy atom. The van der Waals surface area contributed by atoms with Crippen LogP contribution < -0.4 is 9.46 Å². The number of aliphatic hydroxyl groups excluding tert-OH is 1. The van der Waals surface area contributed by atoms with Gasteiger partial charge in [0.15, 0.2) is 0 Å². The number of likely N-dealkylation sites (N-methyl/N-ethyl adjacent to an activating group) is 1. The Labute approximate surface area is 268 Å². The number of rotatable bonds is 9. The van der Waals surface area contributed by atoms with Gasteiger partial charge in [0.1, 0.15) is 9.96 Å². The molecular formula is C33H51N3O6S2. The van der Waals surface area contributed by atoms with Gasteiger partial charge in [-0.3, -0.25) is 9.52 Å². The molecule has 246 valence electrons. The van der Waals surface area contributed by atoms with Crippen molar-refractivity contribution >= 4 is 33.0 Å². The lowest BCUT2D eigenvalue weighted by atomic mass is 9.89. The number of nitrogens with zero attached hydrogens (tertiary/aromatic N) is 2. The van der Waals surface area contributed by atoms with Gasteiger partial charge in [-0.15, -0.1) is 11.3 Å². The molecule has 2 heterocycles. The smallest absolute Gasteiger partial charge is 0.271 e. The van der Waals surface area contributed by atoms with Crippen LogP contribution in [0.5, 0.6) is 5.75 Å². The van der Waals surface area contributed by atoms with E-state index in [9.17, 15) is 18.3 Å². The molecule has 9 nitrogen and oxygen atoms in total. The summed E-state index contributed by atoms with van der Waals surface area (Å²) in [6.45, 7) is 8.56. The Balaban J connectivity index is 1.61. The number of aliphatic hydroxyl groups is 1. The number of sulfonamides is 1. The Morgan fingerprint density at radius 2 is 1.84 bits per heavy atom. The number of carbonyl (C=O) groups is 1. The first-order valence-electron chi connectivity index (χ1n) is 16.2. The highest BCUT2D eigenvalue weighted by atomic mass is 32.2. The molecule has 0 spiro atoms. The van der Waals surface area contributed by atoms with Crippen molar-refractivity contribution in [2.45, 2.75) is 94.6 Å². The average Bonchev–Trinajstić information content (AvgIpc) is 3.55. The van der Waals surface area contributed by atoms with Gasteiger partial charge in [-0.05, 0) is 88.6 Å². The summed E-state index contributed by atoms with van der Waals surface area (Å²) in [6, 6.07) is 7.60. The lowest BCUT2D eigenvalue weighted by Crippen LogP contribution is -2.47. The third kappa shape index (κ3) is 9.66. The molecule has 0 saturated heterocycles. The normalized spacial score (nSPS) is 23.9. The van der Waals surface area contributed by atoms with E-state index in [1.807, 2.05) is 13.8 Å². The zero-order chi connectivity index (χ0) is 31.7. The number of hydrogen-bond donors (Lipinski definition) is 2. The summed E-state index contributed by atoms with van der Waals surface area (Å²) in [7, 11) is -1.64. The highest BCUT2D eigenvalue weighted by molar-refractivity contribution is 7.94. The van der Waals surface area contributed by atoms with Crippen molar-refractivity contribution in [3.8, 4) is 5.75 Å². The molecule has 4 rings (SSSR count). The molecule has 0 unspecified atom stereocenters. The molecule has 4 atom stereocenters. The molecule has 0 radical (unpaired) electrons. The van der Waals surface area contributed by atoms with Gasteiger partial charge in [0, 0.05) is 37.8 Å². The van der Waals surface area contributed by atoms with E-state index >= 15 is 0 Å². The number of hydrogen-bond acceptors (Lipinski definition) is 8. The molecule has 2 aromatic rings. The molecule has 2 aliphatic rings. The van der Waals surface area contributed by atoms with Crippen LogP contribution in [-0.2, 0) is 14.8 Å². The fourth-order valence-electron chi connectivity index (χ4n) is 6.26. The highest BCUT2D eigenvalue weighted by Crippen LogP contribution is 2.30. The minimum atomic E-state index is -3.81. The van der Waals surface area contributed by atoms with Crippen molar-refractivity contribution in [2.75, 3.05) is 44.6 Å². The van der Waals surface area contributed by atoms with E-state index in [4.69, 9.17) is 9.47 Å². The summed E-state index contributed by atoms with van der Waals surface area (Å²) >= 11 is 1.13. The summed E-state index contributed by atoms with van der Waals surface area (Å²) in [4.78, 5) is 18.4. The molecule has 1 aliphatic carbocycles. The lowest BCUT2D eigenvalue weighted by Gasteiger charge is -2.36. The van der Waals surface area contributed by atoms with Gasteiger partial charge < -0.3 is 24.4 Å². The summed E-state index contributed by atoms with van der Waals surface area (Å²) in [6.07, 6.45) is 8.93. The van der Waals surface area contributed by atoms with Crippen molar-refractivity contribution in [3.63, 3.8) is 0 Å². The number of thiophene rings is 1. The number of amides is 1. The van der Waals surface area contributed by atoms with Crippen LogP contribution in [0.1, 0.15) is 82.5 Å². The average molecular weight is 650 g/mol. The largest absolute Gasteiger partial charge is 0.490 e. The molecule has 1 aliphatic heterocycles. The van der Waals surface area contributed by atoms with E-state index in [-0.39, 0.29) is 46.1 Å². The molecule has 1 saturated carbocycles. The van der Waals surface area contributed by atoms with Crippen molar-refractivity contribution in [1.29, 1.82) is 0 Å². The molecule has 1 fully saturated rings. The molecule has 2 N–H and O–H groups in total. The number of carbonyl (C=O) groups excluding carboxylic acids is 1. The predicted molar refractivity (Wildman–Crippen MR) is 176 cm³/mol. The summed E-state index contributed by atoms with van der Waals surface area (Å²) in [5.41, 5.74) is 0.540. The van der Waals surface area contributed by atoms with Gasteiger partial charge in [-0.25, -0.2) is 8.42 Å². The third-order valence-corrected chi connectivity index (χ3v) is 11.6. The summed E-state index contributed by atoms with van der Waals surface area (Å²) < 4.78 is 41.5. The second kappa shape index (κ2) is 16.4. The molecule has 1 amide bonds. The SMILES string of the molecule is C[C@@H]1CCCCO[C@H](CN(C)CC2CCCCC2)[C@@H](C)CN([C@@H](C)CO)C(=O)c2cc(NS(=O)(=O)c3cccs3)ccc2O1. The number of nitrogens with one attached hydrogen (secondary N) is 1. The minimum Gasteiger partial charge on any atom is -0.490 e. The molecular weight excluding hydrogens is 599 g/mol. The van der Waals surface area contributed by atoms with E-state index in [1.165, 1.54) is 32.1 Å². The monoisotopic (exact) mass is 649 g/mol. The number of fused-ring (bicyclic) bond motifs is 1. The molecule has 0 bridgehead atoms. The minimum absolute atomic E-state index is 0.00602. The van der Waals surface area contributed by atoms with Crippen LogP contribution in [0.15, 0.2) is 39.9 Å². The number of ether oxygens (including phenoxy) is 2. The number of benzene rings is 1. The van der Waals surface area contributed by atoms with Gasteiger partial charge in [0.25, 0.3) is 15.9 Å². The van der Waals surface area contributed by atoms with Crippen LogP contribution in [0.25, 0.3) is 0 Å². The fourth-order valence-corrected chi connectivity index (χ4v) is 8.31. The van der Waals surface area contributed by atoms with Crippen molar-refractivity contribution < 1.29 is 27.8 Å². The third-order valence-electron chi connectivity index (χ3n) is 8.85. The molecule has 11 heteroatoms. The first-order valence-corrected chi connectivity index (χ1v) is 18.5. The van der Waals surface area contributed by atoms with Gasteiger partial charge >= 0.3 is 0 Å². The van der Waals surface area contributed by atoms with Crippen molar-refractivity contribution in [3.05, 3.63) is 41.3 Å². The highest BCUT2D eigenvalue weighted by Gasteiger charge is 2.31. The van der Waals surface area contributed by atoms with Gasteiger partial charge in [0.2, 0.25) is 0 Å². The van der Waals surface area contributed by atoms with Crippen LogP contribution in [0.2, 0.25) is 0 Å². The van der Waals surface area contributed by atoms with Crippen LogP contribution in [-0.4, -0.2) is 87.4 Å². The van der Waals surface area contributed by atoms with Gasteiger partial charge in [-0.2, -0.15) is 0 Å². The fraction of sp³-hybridized carbons (Fsp3) is 0.667. The first kappa shape index (κ1) is 34.7. The maximum absolute atomic E-state index is 14.3. The summed E-state index contributed by atoms with van der Waals surface area (Å²) in [5, 5.41) is 11.9. The Bertz CT molecular complexity index is 1280. The topological polar surface area (TPSA) is 108 Å². The zero-order valence-corrected chi connectivity index (χ0v) is 28.4. The molecule has 44 heavy (non-hydrogen) atoms. The Hall–Kier alpha value is -2.18. The predicted octanol–water partition coefficient (Wildman–Crippen LogP) is 5.86. The lowest BCUT2D eigenvalue weighted by molar-refractivity contribution is -0.0190. The van der Waals surface area contributed by atoms with E-state index in [1.54, 1.807) is 40.6 Å². The van der Waals surface area contributed by atoms with Crippen LogP contribution in [0.4, 0.5) is 5.69 Å². The second-order valence-electron chi connectivity index (χ2n) is 12.8. The maximum Gasteiger partial charge on any atom is 0.271 e. The first-order chi connectivity index (χ1) is 21.1. The summed E-state index contributed by atoms with van der Waals surface area (Å²) in [5.74, 6) is 0.804. The molecule has 1 aromatic carbocycles. The molecule has 1 aromatic heterocycles. The van der Waals surface area contributed by atoms with Crippen molar-refractivity contribution in [1.82, 2.24) is 9.80 Å². The van der Waals surface area contributed by atoms with Crippen LogP contribution in [0, 0.1) is 11.8 Å². The van der Waals surface area contributed by atoms with Gasteiger partial charge in [0.05, 0.1) is 30.4 Å². The van der Waals surface area contributed by atoms with E-state index in [0.29, 0.717) is 18.9 Å². The Kier molecular flexibility index (Phi) is 12.9. The van der Waals surface area contributed by atoms with Gasteiger partial charge in [-0.1, -0.05) is 32.3 Å². The van der Waals surface area contributed by atoms with Crippen LogP contribution in [0.3, 0.4) is 0 Å². The standard InChI is InChI=1S/C33H51N3O6S2/c1-24-20-36(25(2)23-37)33(38)29-19-28(34-44(39,40)32-14-10-18-43-32)15-16-30(29)42-26(3)11-8-9-17-41-31(24)22-35(4)21-27-12-6-5-7-13-27/h10,14-16,18-19,24-27,31,34,37H,5-9,11-13,17,20-23H2,1-4H3/t24-,25-,26+,31+/m0/s1. The Morgan fingerprint density at radius 3 is 2.55 bits per heavy atom. The zero-order valence-electron chi connectivity index (χ0n) is 26.7. The number of anilines is 1.